The van der Waals surface area contributed by atoms with Gasteiger partial charge in [0.2, 0.25) is 0 Å². The van der Waals surface area contributed by atoms with E-state index in [9.17, 15) is 0 Å². The largest absolute Gasteiger partial charge is 0.380 e. The Balaban J connectivity index is 0.000000172. The van der Waals surface area contributed by atoms with Crippen LogP contribution in [0.1, 0.15) is 5.56 Å². The summed E-state index contributed by atoms with van der Waals surface area (Å²) in [5.74, 6) is 0. The number of ether oxygens (including phenoxy) is 2. The molecule has 0 N–H and O–H groups in total. The fraction of sp³-hybridized carbons (Fsp3) is 0.333. The van der Waals surface area contributed by atoms with Gasteiger partial charge >= 0.3 is 0 Å². The summed E-state index contributed by atoms with van der Waals surface area (Å²) in [5.41, 5.74) is 2.50. The molecule has 1 fully saturated rings. The van der Waals surface area contributed by atoms with Crippen LogP contribution in [0.5, 0.6) is 0 Å². The molecule has 4 heteroatoms. The van der Waals surface area contributed by atoms with Gasteiger partial charge in [-0.1, -0.05) is 52.3 Å². The molecule has 1 heterocycles. The Kier molecular flexibility index (Phi) is 7.43. The van der Waals surface area contributed by atoms with Crippen LogP contribution in [0.15, 0.2) is 59.1 Å². The van der Waals surface area contributed by atoms with Gasteiger partial charge in [0.15, 0.2) is 0 Å². The quantitative estimate of drug-likeness (QED) is 0.818. The van der Waals surface area contributed by atoms with E-state index in [1.54, 1.807) is 7.11 Å². The second-order valence-electron chi connectivity index (χ2n) is 5.00. The minimum absolute atomic E-state index is 0.709. The number of morpholine rings is 1. The molecule has 2 aromatic rings. The van der Waals surface area contributed by atoms with E-state index < -0.39 is 0 Å². The first-order valence-corrected chi connectivity index (χ1v) is 8.20. The van der Waals surface area contributed by atoms with Crippen LogP contribution in [-0.2, 0) is 16.1 Å². The fourth-order valence-corrected chi connectivity index (χ4v) is 2.62. The first-order valence-electron chi connectivity index (χ1n) is 7.40. The first-order chi connectivity index (χ1) is 10.8. The van der Waals surface area contributed by atoms with E-state index in [4.69, 9.17) is 9.47 Å². The van der Waals surface area contributed by atoms with Gasteiger partial charge in [-0.2, -0.15) is 0 Å². The van der Waals surface area contributed by atoms with E-state index >= 15 is 0 Å². The lowest BCUT2D eigenvalue weighted by molar-refractivity contribution is 0.122. The summed E-state index contributed by atoms with van der Waals surface area (Å²) in [7, 11) is 1.70. The standard InChI is InChI=1S/C10H12BrNO.C8H10O/c11-9-2-1-3-10(8-9)12-4-6-13-7-5-12;1-9-7-8-5-3-2-4-6-8/h1-3,8H,4-7H2;2-6H,7H2,1H3. The summed E-state index contributed by atoms with van der Waals surface area (Å²) < 4.78 is 11.4. The third-order valence-electron chi connectivity index (χ3n) is 3.34. The SMILES string of the molecule is Brc1cccc(N2CCOCC2)c1.COCc1ccccc1. The zero-order valence-corrected chi connectivity index (χ0v) is 14.5. The van der Waals surface area contributed by atoms with Gasteiger partial charge in [-0.05, 0) is 23.8 Å². The average Bonchev–Trinajstić information content (AvgIpc) is 2.58. The summed E-state index contributed by atoms with van der Waals surface area (Å²) in [4.78, 5) is 2.34. The van der Waals surface area contributed by atoms with Crippen LogP contribution in [0.4, 0.5) is 5.69 Å². The number of anilines is 1. The second-order valence-corrected chi connectivity index (χ2v) is 5.91. The maximum Gasteiger partial charge on any atom is 0.0713 e. The molecule has 1 aliphatic heterocycles. The summed E-state index contributed by atoms with van der Waals surface area (Å²) in [6.45, 7) is 4.38. The minimum Gasteiger partial charge on any atom is -0.380 e. The van der Waals surface area contributed by atoms with Gasteiger partial charge in [-0.3, -0.25) is 0 Å². The highest BCUT2D eigenvalue weighted by molar-refractivity contribution is 9.10. The van der Waals surface area contributed by atoms with Gasteiger partial charge in [-0.15, -0.1) is 0 Å². The lowest BCUT2D eigenvalue weighted by atomic mass is 10.2. The van der Waals surface area contributed by atoms with Crippen molar-refractivity contribution < 1.29 is 9.47 Å². The number of benzene rings is 2. The van der Waals surface area contributed by atoms with Crippen LogP contribution in [0.3, 0.4) is 0 Å². The van der Waals surface area contributed by atoms with E-state index in [2.05, 4.69) is 39.0 Å². The van der Waals surface area contributed by atoms with Crippen LogP contribution in [-0.4, -0.2) is 33.4 Å². The molecule has 0 atom stereocenters. The lowest BCUT2D eigenvalue weighted by Gasteiger charge is -2.28. The normalized spacial score (nSPS) is 14.2. The molecule has 0 saturated carbocycles. The molecule has 0 amide bonds. The van der Waals surface area contributed by atoms with Crippen molar-refractivity contribution in [2.45, 2.75) is 6.61 Å². The molecule has 2 aromatic carbocycles. The molecule has 0 bridgehead atoms. The molecular weight excluding hydrogens is 342 g/mol. The van der Waals surface area contributed by atoms with E-state index in [-0.39, 0.29) is 0 Å². The van der Waals surface area contributed by atoms with Crippen molar-refractivity contribution in [1.82, 2.24) is 0 Å². The fourth-order valence-electron chi connectivity index (χ4n) is 2.24. The van der Waals surface area contributed by atoms with Gasteiger partial charge in [-0.25, -0.2) is 0 Å². The summed E-state index contributed by atoms with van der Waals surface area (Å²) in [6, 6.07) is 18.5. The Labute approximate surface area is 141 Å². The summed E-state index contributed by atoms with van der Waals surface area (Å²) >= 11 is 3.47. The number of hydrogen-bond donors (Lipinski definition) is 0. The molecule has 22 heavy (non-hydrogen) atoms. The highest BCUT2D eigenvalue weighted by Gasteiger charge is 2.10. The molecule has 0 radical (unpaired) electrons. The third kappa shape index (κ3) is 5.79. The highest BCUT2D eigenvalue weighted by atomic mass is 79.9. The van der Waals surface area contributed by atoms with Gasteiger partial charge in [0.25, 0.3) is 0 Å². The zero-order valence-electron chi connectivity index (χ0n) is 12.9. The van der Waals surface area contributed by atoms with Crippen molar-refractivity contribution in [3.05, 3.63) is 64.6 Å². The monoisotopic (exact) mass is 363 g/mol. The molecule has 0 unspecified atom stereocenters. The molecule has 0 aliphatic carbocycles. The van der Waals surface area contributed by atoms with Crippen LogP contribution in [0.25, 0.3) is 0 Å². The second kappa shape index (κ2) is 9.62. The van der Waals surface area contributed by atoms with Crippen LogP contribution in [0, 0.1) is 0 Å². The molecule has 0 spiro atoms. The van der Waals surface area contributed by atoms with Crippen molar-refractivity contribution in [3.63, 3.8) is 0 Å². The summed E-state index contributed by atoms with van der Waals surface area (Å²) in [5, 5.41) is 0. The predicted octanol–water partition coefficient (Wildman–Crippen LogP) is 4.12. The Morgan fingerprint density at radius 1 is 1.05 bits per heavy atom. The van der Waals surface area contributed by atoms with Gasteiger partial charge in [0.05, 0.1) is 19.8 Å². The van der Waals surface area contributed by atoms with E-state index in [0.717, 1.165) is 30.8 Å². The molecule has 1 aliphatic rings. The van der Waals surface area contributed by atoms with Gasteiger partial charge in [0.1, 0.15) is 0 Å². The van der Waals surface area contributed by atoms with Crippen molar-refractivity contribution in [2.75, 3.05) is 38.3 Å². The Morgan fingerprint density at radius 2 is 1.77 bits per heavy atom. The molecule has 118 valence electrons. The molecule has 3 nitrogen and oxygen atoms in total. The van der Waals surface area contributed by atoms with E-state index in [1.807, 2.05) is 36.4 Å². The first kappa shape index (κ1) is 17.0. The number of methoxy groups -OCH3 is 1. The molecule has 0 aromatic heterocycles. The lowest BCUT2D eigenvalue weighted by Crippen LogP contribution is -2.36. The molecular formula is C18H22BrNO2. The predicted molar refractivity (Wildman–Crippen MR) is 94.3 cm³/mol. The van der Waals surface area contributed by atoms with Gasteiger partial charge < -0.3 is 14.4 Å². The van der Waals surface area contributed by atoms with Crippen molar-refractivity contribution >= 4 is 21.6 Å². The Bertz CT molecular complexity index is 542. The van der Waals surface area contributed by atoms with E-state index in [0.29, 0.717) is 6.61 Å². The highest BCUT2D eigenvalue weighted by Crippen LogP contribution is 2.20. The van der Waals surface area contributed by atoms with Crippen molar-refractivity contribution in [2.24, 2.45) is 0 Å². The van der Waals surface area contributed by atoms with Crippen molar-refractivity contribution in [1.29, 1.82) is 0 Å². The van der Waals surface area contributed by atoms with Crippen LogP contribution >= 0.6 is 15.9 Å². The minimum atomic E-state index is 0.709. The van der Waals surface area contributed by atoms with Crippen molar-refractivity contribution in [3.8, 4) is 0 Å². The average molecular weight is 364 g/mol. The Hall–Kier alpha value is -1.36. The number of nitrogens with zero attached hydrogens (tertiary/aromatic N) is 1. The molecule has 1 saturated heterocycles. The maximum absolute atomic E-state index is 5.30. The van der Waals surface area contributed by atoms with Crippen LogP contribution < -0.4 is 4.90 Å². The smallest absolute Gasteiger partial charge is 0.0713 e. The maximum atomic E-state index is 5.30. The number of rotatable bonds is 3. The zero-order chi connectivity index (χ0) is 15.6. The number of hydrogen-bond acceptors (Lipinski definition) is 3. The van der Waals surface area contributed by atoms with Gasteiger partial charge in [0, 0.05) is 30.4 Å². The Morgan fingerprint density at radius 3 is 2.41 bits per heavy atom. The third-order valence-corrected chi connectivity index (χ3v) is 3.83. The van der Waals surface area contributed by atoms with E-state index in [1.165, 1.54) is 11.3 Å². The summed E-state index contributed by atoms with van der Waals surface area (Å²) in [6.07, 6.45) is 0. The molecule has 3 rings (SSSR count). The van der Waals surface area contributed by atoms with Crippen LogP contribution in [0.2, 0.25) is 0 Å². The topological polar surface area (TPSA) is 21.7 Å². The number of halogens is 1.